The standard InChI is InChI=1S/C27H38N2O9/c1-9-17-22(38-24(32)14(2)3)16(5)36-26(34)18(13-35-25(17)33)29-23(31)20-21(15(4)10-11-28-20)37-19(30)12-27(6,7)8/h10-11,14,16-18,22H,9,12-13H2,1-8H3,(H,29,31). The number of aromatic nitrogens is 1. The average molecular weight is 535 g/mol. The fourth-order valence-corrected chi connectivity index (χ4v) is 3.73. The Labute approximate surface area is 222 Å². The zero-order chi connectivity index (χ0) is 28.8. The highest BCUT2D eigenvalue weighted by Gasteiger charge is 2.41. The molecule has 1 aliphatic heterocycles. The minimum absolute atomic E-state index is 0.0345. The first kappa shape index (κ1) is 30.7. The van der Waals surface area contributed by atoms with Crippen molar-refractivity contribution in [2.24, 2.45) is 17.3 Å². The van der Waals surface area contributed by atoms with Gasteiger partial charge in [0.25, 0.3) is 5.91 Å². The molecule has 0 bridgehead atoms. The Morgan fingerprint density at radius 1 is 1.18 bits per heavy atom. The first-order chi connectivity index (χ1) is 17.6. The van der Waals surface area contributed by atoms with E-state index >= 15 is 0 Å². The van der Waals surface area contributed by atoms with Crippen LogP contribution in [0.3, 0.4) is 0 Å². The summed E-state index contributed by atoms with van der Waals surface area (Å²) in [4.78, 5) is 67.7. The highest BCUT2D eigenvalue weighted by atomic mass is 16.6. The Kier molecular flexibility index (Phi) is 10.4. The fourth-order valence-electron chi connectivity index (χ4n) is 3.73. The van der Waals surface area contributed by atoms with Crippen molar-refractivity contribution in [2.45, 2.75) is 86.5 Å². The number of pyridine rings is 1. The van der Waals surface area contributed by atoms with Crippen LogP contribution < -0.4 is 10.1 Å². The number of ether oxygens (including phenoxy) is 4. The number of carbonyl (C=O) groups is 5. The van der Waals surface area contributed by atoms with Crippen molar-refractivity contribution in [1.29, 1.82) is 0 Å². The van der Waals surface area contributed by atoms with Crippen LogP contribution in [0.4, 0.5) is 0 Å². The van der Waals surface area contributed by atoms with Crippen LogP contribution in [-0.2, 0) is 33.4 Å². The van der Waals surface area contributed by atoms with Crippen molar-refractivity contribution >= 4 is 29.8 Å². The number of hydrogen-bond donors (Lipinski definition) is 1. The van der Waals surface area contributed by atoms with Crippen LogP contribution in [0.2, 0.25) is 0 Å². The van der Waals surface area contributed by atoms with E-state index in [0.29, 0.717) is 5.56 Å². The molecule has 4 unspecified atom stereocenters. The zero-order valence-corrected chi connectivity index (χ0v) is 23.3. The smallest absolute Gasteiger partial charge is 0.332 e. The van der Waals surface area contributed by atoms with Gasteiger partial charge in [0.1, 0.15) is 12.7 Å². The van der Waals surface area contributed by atoms with Crippen LogP contribution in [0.25, 0.3) is 0 Å². The Bertz CT molecular complexity index is 1060. The van der Waals surface area contributed by atoms with E-state index < -0.39 is 66.5 Å². The van der Waals surface area contributed by atoms with Crippen LogP contribution in [0.5, 0.6) is 5.75 Å². The van der Waals surface area contributed by atoms with E-state index in [9.17, 15) is 24.0 Å². The van der Waals surface area contributed by atoms with Gasteiger partial charge in [-0.25, -0.2) is 9.78 Å². The minimum atomic E-state index is -1.38. The number of rotatable bonds is 7. The second-order valence-electron chi connectivity index (χ2n) is 10.9. The predicted octanol–water partition coefficient (Wildman–Crippen LogP) is 2.91. The number of nitrogens with zero attached hydrogens (tertiary/aromatic N) is 1. The second-order valence-corrected chi connectivity index (χ2v) is 10.9. The minimum Gasteiger partial charge on any atom is -0.463 e. The molecular formula is C27H38N2O9. The summed E-state index contributed by atoms with van der Waals surface area (Å²) in [6.45, 7) is 13.3. The molecule has 0 aliphatic carbocycles. The van der Waals surface area contributed by atoms with E-state index in [1.165, 1.54) is 13.1 Å². The maximum absolute atomic E-state index is 13.2. The lowest BCUT2D eigenvalue weighted by molar-refractivity contribution is -0.176. The molecule has 11 heteroatoms. The third kappa shape index (κ3) is 8.26. The highest BCUT2D eigenvalue weighted by Crippen LogP contribution is 2.26. The van der Waals surface area contributed by atoms with E-state index in [0.717, 1.165) is 0 Å². The van der Waals surface area contributed by atoms with Crippen LogP contribution in [0, 0.1) is 24.2 Å². The van der Waals surface area contributed by atoms with Crippen molar-refractivity contribution in [3.05, 3.63) is 23.5 Å². The summed E-state index contributed by atoms with van der Waals surface area (Å²) in [6.07, 6.45) is -0.315. The Hall–Kier alpha value is -3.50. The fraction of sp³-hybridized carbons (Fsp3) is 0.630. The molecule has 1 aromatic heterocycles. The van der Waals surface area contributed by atoms with E-state index in [1.807, 2.05) is 20.8 Å². The van der Waals surface area contributed by atoms with Gasteiger partial charge in [0, 0.05) is 6.20 Å². The molecule has 1 amide bonds. The molecule has 0 aromatic carbocycles. The molecule has 1 aromatic rings. The Morgan fingerprint density at radius 3 is 2.42 bits per heavy atom. The molecule has 2 rings (SSSR count). The monoisotopic (exact) mass is 534 g/mol. The highest BCUT2D eigenvalue weighted by molar-refractivity contribution is 5.98. The predicted molar refractivity (Wildman–Crippen MR) is 135 cm³/mol. The number of aryl methyl sites for hydroxylation is 1. The van der Waals surface area contributed by atoms with Crippen LogP contribution in [0.15, 0.2) is 12.3 Å². The topological polar surface area (TPSA) is 147 Å². The molecule has 1 saturated heterocycles. The number of carbonyl (C=O) groups excluding carboxylic acids is 5. The third-order valence-corrected chi connectivity index (χ3v) is 5.82. The van der Waals surface area contributed by atoms with Gasteiger partial charge in [-0.2, -0.15) is 0 Å². The average Bonchev–Trinajstić information content (AvgIpc) is 2.83. The molecule has 0 saturated carbocycles. The number of esters is 4. The van der Waals surface area contributed by atoms with Gasteiger partial charge in [0.05, 0.1) is 18.3 Å². The van der Waals surface area contributed by atoms with Crippen LogP contribution >= 0.6 is 0 Å². The largest absolute Gasteiger partial charge is 0.463 e. The normalized spacial score (nSPS) is 22.3. The Morgan fingerprint density at radius 2 is 1.84 bits per heavy atom. The molecule has 1 fully saturated rings. The molecular weight excluding hydrogens is 496 g/mol. The van der Waals surface area contributed by atoms with Crippen LogP contribution in [-0.4, -0.2) is 59.6 Å². The van der Waals surface area contributed by atoms with Crippen molar-refractivity contribution in [3.8, 4) is 5.75 Å². The molecule has 0 spiro atoms. The summed E-state index contributed by atoms with van der Waals surface area (Å²) < 4.78 is 21.8. The summed E-state index contributed by atoms with van der Waals surface area (Å²) in [5, 5.41) is 2.47. The lowest BCUT2D eigenvalue weighted by atomic mass is 9.92. The van der Waals surface area contributed by atoms with E-state index in [-0.39, 0.29) is 29.7 Å². The summed E-state index contributed by atoms with van der Waals surface area (Å²) in [5.41, 5.74) is -0.0609. The first-order valence-corrected chi connectivity index (χ1v) is 12.7. The lowest BCUT2D eigenvalue weighted by Gasteiger charge is -2.29. The maximum Gasteiger partial charge on any atom is 0.332 e. The van der Waals surface area contributed by atoms with Crippen molar-refractivity contribution < 1.29 is 42.9 Å². The van der Waals surface area contributed by atoms with Gasteiger partial charge in [-0.1, -0.05) is 41.5 Å². The van der Waals surface area contributed by atoms with Gasteiger partial charge in [0.15, 0.2) is 23.6 Å². The van der Waals surface area contributed by atoms with E-state index in [1.54, 1.807) is 33.8 Å². The van der Waals surface area contributed by atoms with Crippen molar-refractivity contribution in [2.75, 3.05) is 6.61 Å². The van der Waals surface area contributed by atoms with Crippen molar-refractivity contribution in [1.82, 2.24) is 10.3 Å². The first-order valence-electron chi connectivity index (χ1n) is 12.7. The quantitative estimate of drug-likeness (QED) is 0.409. The number of nitrogens with one attached hydrogen (secondary N) is 1. The molecule has 1 N–H and O–H groups in total. The van der Waals surface area contributed by atoms with Crippen molar-refractivity contribution in [3.63, 3.8) is 0 Å². The number of amides is 1. The molecule has 4 atom stereocenters. The Balaban J connectivity index is 2.28. The summed E-state index contributed by atoms with van der Waals surface area (Å²) >= 11 is 0. The summed E-state index contributed by atoms with van der Waals surface area (Å²) in [7, 11) is 0. The maximum atomic E-state index is 13.2. The molecule has 2 heterocycles. The lowest BCUT2D eigenvalue weighted by Crippen LogP contribution is -2.47. The van der Waals surface area contributed by atoms with E-state index in [4.69, 9.17) is 18.9 Å². The zero-order valence-electron chi connectivity index (χ0n) is 23.3. The van der Waals surface area contributed by atoms with Gasteiger partial charge in [-0.05, 0) is 37.3 Å². The molecule has 1 aliphatic rings. The van der Waals surface area contributed by atoms with Gasteiger partial charge in [-0.3, -0.25) is 19.2 Å². The third-order valence-electron chi connectivity index (χ3n) is 5.82. The van der Waals surface area contributed by atoms with Gasteiger partial charge in [0.2, 0.25) is 0 Å². The molecule has 0 radical (unpaired) electrons. The number of hydrogen-bond acceptors (Lipinski definition) is 10. The SMILES string of the molecule is CCC1C(=O)OCC(NC(=O)c2nccc(C)c2OC(=O)CC(C)(C)C)C(=O)OC(C)C1OC(=O)C(C)C. The summed E-state index contributed by atoms with van der Waals surface area (Å²) in [5.74, 6) is -4.86. The van der Waals surface area contributed by atoms with E-state index in [2.05, 4.69) is 10.3 Å². The van der Waals surface area contributed by atoms with Gasteiger partial charge >= 0.3 is 23.9 Å². The van der Waals surface area contributed by atoms with Gasteiger partial charge in [-0.15, -0.1) is 0 Å². The second kappa shape index (κ2) is 12.8. The molecule has 210 valence electrons. The van der Waals surface area contributed by atoms with Gasteiger partial charge < -0.3 is 24.3 Å². The summed E-state index contributed by atoms with van der Waals surface area (Å²) in [6, 6.07) is 0.198. The van der Waals surface area contributed by atoms with Crippen LogP contribution in [0.1, 0.15) is 77.4 Å². The number of cyclic esters (lactones) is 2. The molecule has 38 heavy (non-hydrogen) atoms. The molecule has 11 nitrogen and oxygen atoms in total.